The van der Waals surface area contributed by atoms with E-state index in [-0.39, 0.29) is 16.7 Å². The van der Waals surface area contributed by atoms with Gasteiger partial charge in [-0.3, -0.25) is 9.80 Å². The van der Waals surface area contributed by atoms with Crippen molar-refractivity contribution in [1.82, 2.24) is 5.01 Å². The smallest absolute Gasteiger partial charge is 0.245 e. The number of hydrogen-bond donors (Lipinski definition) is 1. The summed E-state index contributed by atoms with van der Waals surface area (Å²) in [5.74, 6) is 1.84. The van der Waals surface area contributed by atoms with Crippen molar-refractivity contribution in [1.29, 1.82) is 0 Å². The fraction of sp³-hybridized carbons (Fsp3) is 0.600. The van der Waals surface area contributed by atoms with Crippen molar-refractivity contribution < 1.29 is 14.3 Å². The van der Waals surface area contributed by atoms with Gasteiger partial charge in [-0.25, -0.2) is 0 Å². The maximum atomic E-state index is 12.6. The molecule has 1 amide bonds. The van der Waals surface area contributed by atoms with Gasteiger partial charge in [0.05, 0.1) is 6.21 Å². The minimum Gasteiger partial charge on any atom is -0.486 e. The normalized spacial score (nSPS) is 39.8. The number of nitrogens with zero attached hydrogens (tertiary/aromatic N) is 2. The Labute approximate surface area is 153 Å². The Kier molecular flexibility index (Phi) is 3.03. The minimum absolute atomic E-state index is 0.0966. The Hall–Kier alpha value is -2.24. The highest BCUT2D eigenvalue weighted by molar-refractivity contribution is 5.88. The first-order chi connectivity index (χ1) is 12.4. The van der Waals surface area contributed by atoms with Crippen LogP contribution in [-0.2, 0) is 4.79 Å². The summed E-state index contributed by atoms with van der Waals surface area (Å²) in [5.41, 5.74) is 6.24. The molecule has 3 fully saturated rings. The highest BCUT2D eigenvalue weighted by Crippen LogP contribution is 2.75. The Balaban J connectivity index is 1.48. The third-order valence-corrected chi connectivity index (χ3v) is 7.85. The largest absolute Gasteiger partial charge is 0.486 e. The van der Waals surface area contributed by atoms with Crippen LogP contribution in [0.25, 0.3) is 0 Å². The molecule has 6 nitrogen and oxygen atoms in total. The van der Waals surface area contributed by atoms with Gasteiger partial charge in [0.1, 0.15) is 18.8 Å². The highest BCUT2D eigenvalue weighted by atomic mass is 16.6. The number of piperidine rings is 1. The van der Waals surface area contributed by atoms with Crippen molar-refractivity contribution in [3.63, 3.8) is 0 Å². The molecule has 4 aliphatic rings. The number of carbonyl (C=O) groups excluding carboxylic acids is 1. The zero-order valence-corrected chi connectivity index (χ0v) is 15.3. The molecule has 1 aromatic carbocycles. The van der Waals surface area contributed by atoms with Crippen LogP contribution in [0, 0.1) is 16.7 Å². The summed E-state index contributed by atoms with van der Waals surface area (Å²) in [7, 11) is 0. The van der Waals surface area contributed by atoms with E-state index in [2.05, 4.69) is 13.8 Å². The predicted molar refractivity (Wildman–Crippen MR) is 97.2 cm³/mol. The fourth-order valence-electron chi connectivity index (χ4n) is 6.16. The molecule has 2 saturated carbocycles. The van der Waals surface area contributed by atoms with E-state index >= 15 is 0 Å². The lowest BCUT2D eigenvalue weighted by atomic mass is 9.65. The highest BCUT2D eigenvalue weighted by Gasteiger charge is 2.80. The topological polar surface area (TPSA) is 77.2 Å². The van der Waals surface area contributed by atoms with Gasteiger partial charge in [0.25, 0.3) is 0 Å². The van der Waals surface area contributed by atoms with Crippen molar-refractivity contribution in [2.24, 2.45) is 27.6 Å². The first-order valence-electron chi connectivity index (χ1n) is 9.42. The summed E-state index contributed by atoms with van der Waals surface area (Å²) in [4.78, 5) is 12.6. The van der Waals surface area contributed by atoms with Gasteiger partial charge in [0, 0.05) is 12.0 Å². The van der Waals surface area contributed by atoms with Gasteiger partial charge in [-0.2, -0.15) is 5.10 Å². The fourth-order valence-corrected chi connectivity index (χ4v) is 6.16. The molecule has 2 heterocycles. The Morgan fingerprint density at radius 1 is 1.31 bits per heavy atom. The standard InChI is InChI=1S/C20H25N3O3/c1-18-12-23(20(17(21)24)10-14(18)5-6-19(18,20)2)22-11-13-3-4-15-16(9-13)26-8-7-25-15/h3-4,9,11,14H,5-8,10,12H2,1-2H3,(H2,21,24)/b22-11-/t14-,18+,19+,20+/m1/s1. The molecule has 1 aromatic rings. The van der Waals surface area contributed by atoms with Crippen LogP contribution in [0.1, 0.15) is 38.7 Å². The average Bonchev–Trinajstić information content (AvgIpc) is 3.08. The van der Waals surface area contributed by atoms with Crippen molar-refractivity contribution in [2.75, 3.05) is 19.8 Å². The number of carbonyl (C=O) groups is 1. The zero-order chi connectivity index (χ0) is 18.2. The molecule has 1 saturated heterocycles. The molecule has 4 bridgehead atoms. The summed E-state index contributed by atoms with van der Waals surface area (Å²) in [5, 5.41) is 6.71. The number of primary amides is 1. The Morgan fingerprint density at radius 2 is 2.08 bits per heavy atom. The Bertz CT molecular complexity index is 825. The van der Waals surface area contributed by atoms with Gasteiger partial charge in [0.15, 0.2) is 11.5 Å². The van der Waals surface area contributed by atoms with E-state index in [1.165, 1.54) is 6.42 Å². The van der Waals surface area contributed by atoms with Crippen molar-refractivity contribution in [2.45, 2.75) is 38.6 Å². The van der Waals surface area contributed by atoms with Gasteiger partial charge in [-0.1, -0.05) is 13.8 Å². The average molecular weight is 355 g/mol. The van der Waals surface area contributed by atoms with Crippen LogP contribution in [0.15, 0.2) is 23.3 Å². The van der Waals surface area contributed by atoms with Gasteiger partial charge < -0.3 is 15.2 Å². The monoisotopic (exact) mass is 355 g/mol. The first kappa shape index (κ1) is 16.0. The predicted octanol–water partition coefficient (Wildman–Crippen LogP) is 2.16. The second kappa shape index (κ2) is 4.93. The molecule has 26 heavy (non-hydrogen) atoms. The third kappa shape index (κ3) is 1.68. The molecule has 2 N–H and O–H groups in total. The summed E-state index contributed by atoms with van der Waals surface area (Å²) >= 11 is 0. The number of fused-ring (bicyclic) bond motifs is 1. The van der Waals surface area contributed by atoms with Crippen LogP contribution in [0.3, 0.4) is 0 Å². The molecule has 6 heteroatoms. The molecule has 0 spiro atoms. The van der Waals surface area contributed by atoms with Gasteiger partial charge in [0.2, 0.25) is 5.91 Å². The lowest BCUT2D eigenvalue weighted by Crippen LogP contribution is -2.60. The second-order valence-corrected chi connectivity index (χ2v) is 8.62. The molecule has 5 rings (SSSR count). The van der Waals surface area contributed by atoms with Crippen LogP contribution in [0.5, 0.6) is 11.5 Å². The molecule has 0 unspecified atom stereocenters. The quantitative estimate of drug-likeness (QED) is 0.843. The first-order valence-corrected chi connectivity index (χ1v) is 9.42. The van der Waals surface area contributed by atoms with Gasteiger partial charge in [-0.05, 0) is 54.4 Å². The van der Waals surface area contributed by atoms with Crippen molar-refractivity contribution in [3.8, 4) is 11.5 Å². The van der Waals surface area contributed by atoms with Crippen molar-refractivity contribution in [3.05, 3.63) is 23.8 Å². The number of rotatable bonds is 3. The van der Waals surface area contributed by atoms with Gasteiger partial charge in [-0.15, -0.1) is 0 Å². The number of benzene rings is 1. The van der Waals surface area contributed by atoms with Crippen LogP contribution >= 0.6 is 0 Å². The SMILES string of the molecule is C[C@@]12CC[C@@H]3C[C@@]1(C(N)=O)N(/N=C\c1ccc4c(c1)OCCO4)C[C@@]32C. The van der Waals surface area contributed by atoms with Gasteiger partial charge >= 0.3 is 0 Å². The number of ether oxygens (including phenoxy) is 2. The lowest BCUT2D eigenvalue weighted by Gasteiger charge is -2.44. The number of amides is 1. The molecule has 0 aromatic heterocycles. The Morgan fingerprint density at radius 3 is 2.81 bits per heavy atom. The number of hydrogen-bond acceptors (Lipinski definition) is 5. The lowest BCUT2D eigenvalue weighted by molar-refractivity contribution is -0.135. The number of hydrazone groups is 1. The van der Waals surface area contributed by atoms with E-state index in [9.17, 15) is 4.79 Å². The van der Waals surface area contributed by atoms with Crippen LogP contribution in [0.2, 0.25) is 0 Å². The van der Waals surface area contributed by atoms with E-state index < -0.39 is 5.54 Å². The maximum Gasteiger partial charge on any atom is 0.245 e. The van der Waals surface area contributed by atoms with Crippen molar-refractivity contribution >= 4 is 12.1 Å². The minimum atomic E-state index is -0.658. The third-order valence-electron chi connectivity index (χ3n) is 7.85. The van der Waals surface area contributed by atoms with E-state index in [1.54, 1.807) is 0 Å². The van der Waals surface area contributed by atoms with Crippen LogP contribution in [0.4, 0.5) is 0 Å². The van der Waals surface area contributed by atoms with E-state index in [0.717, 1.165) is 36.4 Å². The molecule has 0 radical (unpaired) electrons. The number of nitrogens with two attached hydrogens (primary N) is 1. The summed E-state index contributed by atoms with van der Waals surface area (Å²) in [6.45, 7) is 6.48. The maximum absolute atomic E-state index is 12.6. The second-order valence-electron chi connectivity index (χ2n) is 8.62. The molecular formula is C20H25N3O3. The molecule has 2 aliphatic heterocycles. The molecular weight excluding hydrogens is 330 g/mol. The summed E-state index contributed by atoms with van der Waals surface area (Å²) in [6.07, 6.45) is 4.88. The zero-order valence-electron chi connectivity index (χ0n) is 15.3. The summed E-state index contributed by atoms with van der Waals surface area (Å²) < 4.78 is 11.2. The molecule has 4 atom stereocenters. The van der Waals surface area contributed by atoms with E-state index in [1.807, 2.05) is 29.4 Å². The van der Waals surface area contributed by atoms with E-state index in [0.29, 0.717) is 19.1 Å². The molecule has 138 valence electrons. The summed E-state index contributed by atoms with van der Waals surface area (Å²) in [6, 6.07) is 5.79. The van der Waals surface area contributed by atoms with Crippen LogP contribution < -0.4 is 15.2 Å². The van der Waals surface area contributed by atoms with E-state index in [4.69, 9.17) is 20.3 Å². The molecule has 2 aliphatic carbocycles. The van der Waals surface area contributed by atoms with Crippen LogP contribution in [-0.4, -0.2) is 42.4 Å².